The van der Waals surface area contributed by atoms with E-state index in [9.17, 15) is 0 Å². The van der Waals surface area contributed by atoms with E-state index in [2.05, 4.69) is 12.1 Å². The van der Waals surface area contributed by atoms with Crippen LogP contribution in [0.1, 0.15) is 18.4 Å². The van der Waals surface area contributed by atoms with Crippen molar-refractivity contribution < 1.29 is 4.74 Å². The van der Waals surface area contributed by atoms with Crippen molar-refractivity contribution in [3.05, 3.63) is 29.8 Å². The van der Waals surface area contributed by atoms with Gasteiger partial charge in [-0.05, 0) is 42.9 Å². The molecule has 1 aromatic rings. The predicted octanol–water partition coefficient (Wildman–Crippen LogP) is 1.98. The maximum absolute atomic E-state index is 6.06. The number of hydrogen-bond donors (Lipinski definition) is 1. The minimum atomic E-state index is 0.335. The molecule has 0 radical (unpaired) electrons. The van der Waals surface area contributed by atoms with Crippen LogP contribution < -0.4 is 10.5 Å². The summed E-state index contributed by atoms with van der Waals surface area (Å²) in [7, 11) is 1.69. The largest absolute Gasteiger partial charge is 0.497 e. The molecule has 14 heavy (non-hydrogen) atoms. The first-order valence-corrected chi connectivity index (χ1v) is 5.18. The molecule has 1 unspecified atom stereocenters. The number of benzene rings is 1. The van der Waals surface area contributed by atoms with E-state index in [0.29, 0.717) is 6.04 Å². The van der Waals surface area contributed by atoms with E-state index in [0.717, 1.165) is 18.1 Å². The summed E-state index contributed by atoms with van der Waals surface area (Å²) >= 11 is 0. The second-order valence-corrected chi connectivity index (χ2v) is 4.06. The third-order valence-electron chi connectivity index (χ3n) is 2.83. The molecule has 2 heteroatoms. The molecule has 0 heterocycles. The van der Waals surface area contributed by atoms with Gasteiger partial charge in [0.15, 0.2) is 0 Å². The second-order valence-electron chi connectivity index (χ2n) is 4.06. The lowest BCUT2D eigenvalue weighted by Gasteiger charge is -2.10. The van der Waals surface area contributed by atoms with E-state index in [-0.39, 0.29) is 0 Å². The molecule has 1 aromatic carbocycles. The maximum atomic E-state index is 6.06. The topological polar surface area (TPSA) is 35.2 Å². The Bertz CT molecular complexity index is 307. The first-order valence-electron chi connectivity index (χ1n) is 5.18. The predicted molar refractivity (Wildman–Crippen MR) is 57.4 cm³/mol. The molecule has 0 aliphatic heterocycles. The molecule has 1 atom stereocenters. The van der Waals surface area contributed by atoms with Crippen LogP contribution in [0, 0.1) is 5.92 Å². The highest BCUT2D eigenvalue weighted by Crippen LogP contribution is 2.33. The van der Waals surface area contributed by atoms with Crippen molar-refractivity contribution in [1.29, 1.82) is 0 Å². The molecule has 2 rings (SSSR count). The molecular formula is C12H17NO. The van der Waals surface area contributed by atoms with Crippen LogP contribution in [0.3, 0.4) is 0 Å². The fourth-order valence-corrected chi connectivity index (χ4v) is 1.76. The quantitative estimate of drug-likeness (QED) is 0.789. The van der Waals surface area contributed by atoms with E-state index in [1.165, 1.54) is 18.4 Å². The average molecular weight is 191 g/mol. The molecule has 1 aliphatic carbocycles. The van der Waals surface area contributed by atoms with Crippen LogP contribution in [0.4, 0.5) is 0 Å². The Morgan fingerprint density at radius 2 is 2.29 bits per heavy atom. The van der Waals surface area contributed by atoms with E-state index in [1.807, 2.05) is 12.1 Å². The Morgan fingerprint density at radius 1 is 1.50 bits per heavy atom. The van der Waals surface area contributed by atoms with Crippen LogP contribution in [0.2, 0.25) is 0 Å². The fraction of sp³-hybridized carbons (Fsp3) is 0.500. The summed E-state index contributed by atoms with van der Waals surface area (Å²) in [4.78, 5) is 0. The van der Waals surface area contributed by atoms with Crippen LogP contribution in [-0.2, 0) is 6.42 Å². The maximum Gasteiger partial charge on any atom is 0.119 e. The molecule has 1 fully saturated rings. The molecule has 0 aromatic heterocycles. The summed E-state index contributed by atoms with van der Waals surface area (Å²) in [6, 6.07) is 8.51. The molecule has 0 bridgehead atoms. The molecular weight excluding hydrogens is 174 g/mol. The van der Waals surface area contributed by atoms with Gasteiger partial charge in [-0.2, -0.15) is 0 Å². The zero-order valence-corrected chi connectivity index (χ0v) is 8.57. The Morgan fingerprint density at radius 3 is 2.93 bits per heavy atom. The Balaban J connectivity index is 2.00. The number of rotatable bonds is 4. The smallest absolute Gasteiger partial charge is 0.119 e. The number of methoxy groups -OCH3 is 1. The van der Waals surface area contributed by atoms with Crippen molar-refractivity contribution in [3.63, 3.8) is 0 Å². The highest BCUT2D eigenvalue weighted by molar-refractivity contribution is 5.29. The molecule has 0 amide bonds. The molecule has 2 nitrogen and oxygen atoms in total. The van der Waals surface area contributed by atoms with Gasteiger partial charge < -0.3 is 10.5 Å². The highest BCUT2D eigenvalue weighted by Gasteiger charge is 2.28. The molecule has 2 N–H and O–H groups in total. The van der Waals surface area contributed by atoms with Crippen LogP contribution in [-0.4, -0.2) is 13.2 Å². The first kappa shape index (κ1) is 9.53. The monoisotopic (exact) mass is 191 g/mol. The second kappa shape index (κ2) is 4.01. The minimum absolute atomic E-state index is 0.335. The van der Waals surface area contributed by atoms with E-state index in [1.54, 1.807) is 7.11 Å². The standard InChI is InChI=1S/C12H17NO/c1-14-11-4-2-3-9(7-11)8-12(13)10-5-6-10/h2-4,7,10,12H,5-6,8,13H2,1H3. The Kier molecular flexibility index (Phi) is 2.73. The van der Waals surface area contributed by atoms with Gasteiger partial charge >= 0.3 is 0 Å². The van der Waals surface area contributed by atoms with Gasteiger partial charge in [-0.3, -0.25) is 0 Å². The van der Waals surface area contributed by atoms with E-state index in [4.69, 9.17) is 10.5 Å². The van der Waals surface area contributed by atoms with Gasteiger partial charge in [-0.15, -0.1) is 0 Å². The number of hydrogen-bond acceptors (Lipinski definition) is 2. The zero-order chi connectivity index (χ0) is 9.97. The normalized spacial score (nSPS) is 17.9. The lowest BCUT2D eigenvalue weighted by Crippen LogP contribution is -2.24. The third-order valence-corrected chi connectivity index (χ3v) is 2.83. The lowest BCUT2D eigenvalue weighted by atomic mass is 10.0. The van der Waals surface area contributed by atoms with Crippen molar-refractivity contribution in [1.82, 2.24) is 0 Å². The third kappa shape index (κ3) is 2.26. The van der Waals surface area contributed by atoms with Crippen molar-refractivity contribution >= 4 is 0 Å². The van der Waals surface area contributed by atoms with Gasteiger partial charge in [0.25, 0.3) is 0 Å². The van der Waals surface area contributed by atoms with E-state index >= 15 is 0 Å². The number of ether oxygens (including phenoxy) is 1. The van der Waals surface area contributed by atoms with Gasteiger partial charge in [0, 0.05) is 6.04 Å². The highest BCUT2D eigenvalue weighted by atomic mass is 16.5. The summed E-state index contributed by atoms with van der Waals surface area (Å²) in [5.74, 6) is 1.69. The molecule has 1 aliphatic rings. The van der Waals surface area contributed by atoms with Crippen LogP contribution in [0.25, 0.3) is 0 Å². The minimum Gasteiger partial charge on any atom is -0.497 e. The molecule has 76 valence electrons. The van der Waals surface area contributed by atoms with Crippen LogP contribution in [0.15, 0.2) is 24.3 Å². The van der Waals surface area contributed by atoms with Gasteiger partial charge in [0.05, 0.1) is 7.11 Å². The molecule has 1 saturated carbocycles. The molecule has 0 saturated heterocycles. The summed E-state index contributed by atoms with van der Waals surface area (Å²) < 4.78 is 5.17. The van der Waals surface area contributed by atoms with Gasteiger partial charge in [0.1, 0.15) is 5.75 Å². The lowest BCUT2D eigenvalue weighted by molar-refractivity contribution is 0.414. The van der Waals surface area contributed by atoms with Crippen LogP contribution in [0.5, 0.6) is 5.75 Å². The number of nitrogens with two attached hydrogens (primary N) is 1. The van der Waals surface area contributed by atoms with Crippen molar-refractivity contribution in [2.45, 2.75) is 25.3 Å². The van der Waals surface area contributed by atoms with Gasteiger partial charge in [-0.1, -0.05) is 12.1 Å². The fourth-order valence-electron chi connectivity index (χ4n) is 1.76. The summed E-state index contributed by atoms with van der Waals surface area (Å²) in [6.07, 6.45) is 3.60. The van der Waals surface area contributed by atoms with Crippen molar-refractivity contribution in [3.8, 4) is 5.75 Å². The zero-order valence-electron chi connectivity index (χ0n) is 8.57. The summed E-state index contributed by atoms with van der Waals surface area (Å²) in [6.45, 7) is 0. The first-order chi connectivity index (χ1) is 6.79. The van der Waals surface area contributed by atoms with Gasteiger partial charge in [0.2, 0.25) is 0 Å². The summed E-state index contributed by atoms with van der Waals surface area (Å²) in [5, 5.41) is 0. The van der Waals surface area contributed by atoms with E-state index < -0.39 is 0 Å². The Labute approximate surface area is 85.1 Å². The SMILES string of the molecule is COc1cccc(CC(N)C2CC2)c1. The molecule has 0 spiro atoms. The average Bonchev–Trinajstić information content (AvgIpc) is 3.01. The van der Waals surface area contributed by atoms with Crippen molar-refractivity contribution in [2.24, 2.45) is 11.7 Å². The summed E-state index contributed by atoms with van der Waals surface area (Å²) in [5.41, 5.74) is 7.34. The Hall–Kier alpha value is -1.02. The van der Waals surface area contributed by atoms with Crippen molar-refractivity contribution in [2.75, 3.05) is 7.11 Å². The van der Waals surface area contributed by atoms with Crippen LogP contribution >= 0.6 is 0 Å². The van der Waals surface area contributed by atoms with Gasteiger partial charge in [-0.25, -0.2) is 0 Å².